The number of ether oxygens (including phenoxy) is 1. The maximum Gasteiger partial charge on any atom is 0.337 e. The number of thiocarbonyl (C=S) groups is 1. The van der Waals surface area contributed by atoms with E-state index in [1.54, 1.807) is 12.1 Å². The summed E-state index contributed by atoms with van der Waals surface area (Å²) >= 11 is 5.20. The molecule has 122 valence electrons. The molecule has 0 bridgehead atoms. The van der Waals surface area contributed by atoms with Crippen LogP contribution in [0.4, 0.5) is 5.69 Å². The molecule has 0 unspecified atom stereocenters. The number of nitrogens with zero attached hydrogens (tertiary/aromatic N) is 1. The number of nitro benzene ring substituents is 1. The first-order valence-corrected chi connectivity index (χ1v) is 7.52. The lowest BCUT2D eigenvalue weighted by molar-refractivity contribution is -0.384. The molecule has 0 amide bonds. The van der Waals surface area contributed by atoms with Crippen LogP contribution in [0.15, 0.2) is 35.5 Å². The highest BCUT2D eigenvalue weighted by Gasteiger charge is 2.31. The van der Waals surface area contributed by atoms with E-state index in [0.29, 0.717) is 28.4 Å². The Hall–Kier alpha value is -2.48. The molecular formula is C15H17N3O4S. The predicted octanol–water partition coefficient (Wildman–Crippen LogP) is 2.34. The number of hydrogen-bond donors (Lipinski definition) is 2. The molecule has 1 heterocycles. The molecule has 8 heteroatoms. The summed E-state index contributed by atoms with van der Waals surface area (Å²) in [5, 5.41) is 17.2. The fourth-order valence-electron chi connectivity index (χ4n) is 2.45. The smallest absolute Gasteiger partial charge is 0.337 e. The van der Waals surface area contributed by atoms with Crippen molar-refractivity contribution in [2.45, 2.75) is 25.8 Å². The maximum absolute atomic E-state index is 12.2. The standard InChI is InChI=1S/C15H17N3O4S/c1-3-4-11-12(14(19)22-2)13(17-15(23)16-11)9-5-7-10(8-6-9)18(20)21/h5-8,13H,3-4H2,1-2H3,(H2,16,17,23)/t13-/m0/s1. The second kappa shape index (κ2) is 7.19. The number of nitrogens with one attached hydrogen (secondary N) is 2. The van der Waals surface area contributed by atoms with Gasteiger partial charge in [0.05, 0.1) is 23.6 Å². The van der Waals surface area contributed by atoms with Crippen molar-refractivity contribution in [3.63, 3.8) is 0 Å². The summed E-state index contributed by atoms with van der Waals surface area (Å²) in [4.78, 5) is 22.5. The molecule has 1 aromatic carbocycles. The van der Waals surface area contributed by atoms with E-state index in [4.69, 9.17) is 17.0 Å². The zero-order valence-corrected chi connectivity index (χ0v) is 13.6. The van der Waals surface area contributed by atoms with Crippen LogP contribution in [-0.2, 0) is 9.53 Å². The third-order valence-electron chi connectivity index (χ3n) is 3.50. The van der Waals surface area contributed by atoms with Crippen molar-refractivity contribution >= 4 is 29.0 Å². The van der Waals surface area contributed by atoms with Gasteiger partial charge in [-0.25, -0.2) is 4.79 Å². The molecule has 0 aromatic heterocycles. The molecule has 2 N–H and O–H groups in total. The quantitative estimate of drug-likeness (QED) is 0.369. The number of rotatable bonds is 5. The highest BCUT2D eigenvalue weighted by atomic mass is 32.1. The Morgan fingerprint density at radius 3 is 2.57 bits per heavy atom. The number of non-ortho nitro benzene ring substituents is 1. The van der Waals surface area contributed by atoms with Crippen molar-refractivity contribution in [2.24, 2.45) is 0 Å². The zero-order valence-electron chi connectivity index (χ0n) is 12.8. The largest absolute Gasteiger partial charge is 0.466 e. The Labute approximate surface area is 138 Å². The van der Waals surface area contributed by atoms with Crippen molar-refractivity contribution in [1.29, 1.82) is 0 Å². The van der Waals surface area contributed by atoms with E-state index in [-0.39, 0.29) is 5.69 Å². The Balaban J connectivity index is 2.47. The van der Waals surface area contributed by atoms with Crippen LogP contribution >= 0.6 is 12.2 Å². The van der Waals surface area contributed by atoms with Gasteiger partial charge in [0.2, 0.25) is 0 Å². The Morgan fingerprint density at radius 1 is 1.39 bits per heavy atom. The molecule has 1 aliphatic rings. The number of carbonyl (C=O) groups excluding carboxylic acids is 1. The first-order valence-electron chi connectivity index (χ1n) is 7.11. The topological polar surface area (TPSA) is 93.5 Å². The highest BCUT2D eigenvalue weighted by molar-refractivity contribution is 7.80. The minimum absolute atomic E-state index is 0.0114. The van der Waals surface area contributed by atoms with Gasteiger partial charge < -0.3 is 15.4 Å². The summed E-state index contributed by atoms with van der Waals surface area (Å²) < 4.78 is 4.89. The average molecular weight is 335 g/mol. The summed E-state index contributed by atoms with van der Waals surface area (Å²) in [5.41, 5.74) is 1.85. The summed E-state index contributed by atoms with van der Waals surface area (Å²) in [6.07, 6.45) is 1.48. The van der Waals surface area contributed by atoms with Crippen LogP contribution in [0.25, 0.3) is 0 Å². The van der Waals surface area contributed by atoms with E-state index < -0.39 is 16.9 Å². The molecular weight excluding hydrogens is 318 g/mol. The Morgan fingerprint density at radius 2 is 2.04 bits per heavy atom. The number of carbonyl (C=O) groups is 1. The highest BCUT2D eigenvalue weighted by Crippen LogP contribution is 2.30. The van der Waals surface area contributed by atoms with Crippen molar-refractivity contribution < 1.29 is 14.5 Å². The van der Waals surface area contributed by atoms with Crippen LogP contribution in [0.1, 0.15) is 31.4 Å². The van der Waals surface area contributed by atoms with Crippen molar-refractivity contribution in [3.05, 3.63) is 51.2 Å². The van der Waals surface area contributed by atoms with Gasteiger partial charge in [-0.1, -0.05) is 13.3 Å². The maximum atomic E-state index is 12.2. The lowest BCUT2D eigenvalue weighted by Crippen LogP contribution is -2.45. The number of benzene rings is 1. The molecule has 1 aliphatic heterocycles. The molecule has 0 radical (unpaired) electrons. The van der Waals surface area contributed by atoms with Gasteiger partial charge in [-0.05, 0) is 36.3 Å². The molecule has 0 fully saturated rings. The Bertz CT molecular complexity index is 670. The van der Waals surface area contributed by atoms with Crippen LogP contribution in [0, 0.1) is 10.1 Å². The molecule has 7 nitrogen and oxygen atoms in total. The number of esters is 1. The minimum atomic E-state index is -0.501. The number of hydrogen-bond acceptors (Lipinski definition) is 5. The SMILES string of the molecule is CCCC1=C(C(=O)OC)[C@H](c2ccc([N+](=O)[O-])cc2)NC(=S)N1. The number of allylic oxidation sites excluding steroid dienone is 1. The lowest BCUT2D eigenvalue weighted by atomic mass is 9.94. The van der Waals surface area contributed by atoms with Crippen LogP contribution < -0.4 is 10.6 Å². The molecule has 0 spiro atoms. The molecule has 0 aliphatic carbocycles. The minimum Gasteiger partial charge on any atom is -0.466 e. The Kier molecular flexibility index (Phi) is 5.28. The average Bonchev–Trinajstić information content (AvgIpc) is 2.54. The van der Waals surface area contributed by atoms with Crippen LogP contribution in [0.5, 0.6) is 0 Å². The summed E-state index contributed by atoms with van der Waals surface area (Å²) in [5.74, 6) is -0.459. The molecule has 2 rings (SSSR count). The van der Waals surface area contributed by atoms with E-state index in [9.17, 15) is 14.9 Å². The van der Waals surface area contributed by atoms with Gasteiger partial charge in [-0.15, -0.1) is 0 Å². The fraction of sp³-hybridized carbons (Fsp3) is 0.333. The molecule has 1 atom stereocenters. The van der Waals surface area contributed by atoms with Crippen LogP contribution in [0.2, 0.25) is 0 Å². The normalized spacial score (nSPS) is 17.3. The van der Waals surface area contributed by atoms with E-state index >= 15 is 0 Å². The zero-order chi connectivity index (χ0) is 17.0. The van der Waals surface area contributed by atoms with Crippen LogP contribution in [-0.4, -0.2) is 23.1 Å². The van der Waals surface area contributed by atoms with Gasteiger partial charge in [0.1, 0.15) is 0 Å². The third kappa shape index (κ3) is 3.65. The third-order valence-corrected chi connectivity index (χ3v) is 3.72. The summed E-state index contributed by atoms with van der Waals surface area (Å²) in [7, 11) is 1.32. The van der Waals surface area contributed by atoms with E-state index in [1.165, 1.54) is 19.2 Å². The molecule has 0 saturated carbocycles. The van der Waals surface area contributed by atoms with Crippen molar-refractivity contribution in [2.75, 3.05) is 7.11 Å². The summed E-state index contributed by atoms with van der Waals surface area (Å²) in [6.45, 7) is 2.00. The lowest BCUT2D eigenvalue weighted by Gasteiger charge is -2.30. The van der Waals surface area contributed by atoms with E-state index in [0.717, 1.165) is 6.42 Å². The van der Waals surface area contributed by atoms with Crippen LogP contribution in [0.3, 0.4) is 0 Å². The van der Waals surface area contributed by atoms with E-state index in [1.807, 2.05) is 6.92 Å². The van der Waals surface area contributed by atoms with Gasteiger partial charge in [0.25, 0.3) is 5.69 Å². The second-order valence-corrected chi connectivity index (χ2v) is 5.42. The number of nitro groups is 1. The monoisotopic (exact) mass is 335 g/mol. The van der Waals surface area contributed by atoms with Gasteiger partial charge in [0.15, 0.2) is 5.11 Å². The van der Waals surface area contributed by atoms with E-state index in [2.05, 4.69) is 10.6 Å². The van der Waals surface area contributed by atoms with Crippen molar-refractivity contribution in [3.8, 4) is 0 Å². The summed E-state index contributed by atoms with van der Waals surface area (Å²) in [6, 6.07) is 5.51. The van der Waals surface area contributed by atoms with Gasteiger partial charge in [0, 0.05) is 17.8 Å². The molecule has 23 heavy (non-hydrogen) atoms. The van der Waals surface area contributed by atoms with Gasteiger partial charge >= 0.3 is 5.97 Å². The first-order chi connectivity index (χ1) is 11.0. The molecule has 1 aromatic rings. The molecule has 0 saturated heterocycles. The van der Waals surface area contributed by atoms with Gasteiger partial charge in [-0.2, -0.15) is 0 Å². The predicted molar refractivity (Wildman–Crippen MR) is 88.7 cm³/mol. The van der Waals surface area contributed by atoms with Crippen molar-refractivity contribution in [1.82, 2.24) is 10.6 Å². The fourth-order valence-corrected chi connectivity index (χ4v) is 2.70. The number of methoxy groups -OCH3 is 1. The second-order valence-electron chi connectivity index (χ2n) is 5.01. The van der Waals surface area contributed by atoms with Gasteiger partial charge in [-0.3, -0.25) is 10.1 Å². The first kappa shape index (κ1) is 16.9.